The molecule has 0 aromatic heterocycles. The third-order valence-corrected chi connectivity index (χ3v) is 7.63. The molecule has 3 amide bonds. The zero-order valence-corrected chi connectivity index (χ0v) is 24.2. The smallest absolute Gasteiger partial charge is 0.272 e. The van der Waals surface area contributed by atoms with Gasteiger partial charge in [-0.3, -0.25) is 14.4 Å². The topological polar surface area (TPSA) is 106 Å². The zero-order valence-electron chi connectivity index (χ0n) is 21.9. The van der Waals surface area contributed by atoms with Gasteiger partial charge in [-0.15, -0.1) is 11.8 Å². The number of hydrogen-bond donors (Lipinski definition) is 3. The third-order valence-electron chi connectivity index (χ3n) is 5.96. The number of benzene rings is 4. The van der Waals surface area contributed by atoms with Crippen LogP contribution in [0.4, 0.5) is 11.4 Å². The maximum absolute atomic E-state index is 13.3. The molecule has 0 radical (unpaired) electrons. The molecule has 0 fully saturated rings. The fourth-order valence-corrected chi connectivity index (χ4v) is 5.09. The first-order valence-electron chi connectivity index (χ1n) is 12.6. The lowest BCUT2D eigenvalue weighted by Gasteiger charge is -2.13. The Morgan fingerprint density at radius 3 is 2.21 bits per heavy atom. The predicted octanol–water partition coefficient (Wildman–Crippen LogP) is 6.86. The van der Waals surface area contributed by atoms with Crippen LogP contribution in [-0.4, -0.2) is 30.3 Å². The van der Waals surface area contributed by atoms with Gasteiger partial charge in [-0.1, -0.05) is 47.5 Å². The lowest BCUT2D eigenvalue weighted by Crippen LogP contribution is -2.30. The van der Waals surface area contributed by atoms with Crippen LogP contribution in [0, 0.1) is 0 Å². The SMILES string of the molecule is O=C(CSc1ccc(NC(=O)/C(=C/c2c(Cl)cccc2Cl)NC(=O)c2ccccc2)cc1)Nc1ccc2c(c1)OCO2. The number of hydrogen-bond acceptors (Lipinski definition) is 6. The molecule has 0 spiro atoms. The van der Waals surface area contributed by atoms with Gasteiger partial charge in [0.1, 0.15) is 5.70 Å². The Kier molecular flexibility index (Phi) is 9.33. The summed E-state index contributed by atoms with van der Waals surface area (Å²) in [5, 5.41) is 8.93. The van der Waals surface area contributed by atoms with E-state index in [4.69, 9.17) is 32.7 Å². The van der Waals surface area contributed by atoms with Gasteiger partial charge < -0.3 is 25.4 Å². The van der Waals surface area contributed by atoms with E-state index in [1.807, 2.05) is 0 Å². The van der Waals surface area contributed by atoms with Crippen LogP contribution < -0.4 is 25.4 Å². The minimum Gasteiger partial charge on any atom is -0.454 e. The van der Waals surface area contributed by atoms with Crippen molar-refractivity contribution in [2.24, 2.45) is 0 Å². The minimum absolute atomic E-state index is 0.0440. The molecule has 1 heterocycles. The first-order chi connectivity index (χ1) is 20.4. The second kappa shape index (κ2) is 13.5. The Morgan fingerprint density at radius 2 is 1.48 bits per heavy atom. The van der Waals surface area contributed by atoms with E-state index in [0.29, 0.717) is 44.0 Å². The molecule has 8 nitrogen and oxygen atoms in total. The molecule has 4 aromatic rings. The molecule has 0 aliphatic carbocycles. The largest absolute Gasteiger partial charge is 0.454 e. The van der Waals surface area contributed by atoms with Crippen LogP contribution in [0.25, 0.3) is 6.08 Å². The number of carbonyl (C=O) groups is 3. The summed E-state index contributed by atoms with van der Waals surface area (Å²) in [5.74, 6) is 0.189. The predicted molar refractivity (Wildman–Crippen MR) is 165 cm³/mol. The van der Waals surface area contributed by atoms with Crippen molar-refractivity contribution in [3.8, 4) is 11.5 Å². The lowest BCUT2D eigenvalue weighted by atomic mass is 10.1. The quantitative estimate of drug-likeness (QED) is 0.140. The molecular formula is C31H23Cl2N3O5S. The van der Waals surface area contributed by atoms with Gasteiger partial charge in [-0.25, -0.2) is 0 Å². The van der Waals surface area contributed by atoms with Crippen molar-refractivity contribution >= 4 is 70.1 Å². The van der Waals surface area contributed by atoms with Crippen molar-refractivity contribution < 1.29 is 23.9 Å². The van der Waals surface area contributed by atoms with Gasteiger partial charge in [-0.2, -0.15) is 0 Å². The second-order valence-corrected chi connectivity index (χ2v) is 10.8. The van der Waals surface area contributed by atoms with Gasteiger partial charge in [0.15, 0.2) is 11.5 Å². The van der Waals surface area contributed by atoms with E-state index in [1.165, 1.54) is 17.8 Å². The average Bonchev–Trinajstić information content (AvgIpc) is 3.46. The fourth-order valence-electron chi connectivity index (χ4n) is 3.89. The van der Waals surface area contributed by atoms with E-state index in [-0.39, 0.29) is 24.2 Å². The Morgan fingerprint density at radius 1 is 0.786 bits per heavy atom. The van der Waals surface area contributed by atoms with Crippen molar-refractivity contribution in [3.05, 3.63) is 118 Å². The molecule has 0 bridgehead atoms. The number of amides is 3. The third kappa shape index (κ3) is 7.44. The number of anilines is 2. The normalized spacial score (nSPS) is 12.0. The molecule has 0 saturated heterocycles. The van der Waals surface area contributed by atoms with E-state index < -0.39 is 11.8 Å². The Hall–Kier alpha value is -4.44. The molecule has 0 unspecified atom stereocenters. The van der Waals surface area contributed by atoms with E-state index in [0.717, 1.165) is 4.90 Å². The maximum Gasteiger partial charge on any atom is 0.272 e. The number of fused-ring (bicyclic) bond motifs is 1. The second-order valence-electron chi connectivity index (χ2n) is 8.90. The Bertz CT molecular complexity index is 1640. The maximum atomic E-state index is 13.3. The van der Waals surface area contributed by atoms with Crippen molar-refractivity contribution in [1.82, 2.24) is 5.32 Å². The van der Waals surface area contributed by atoms with Gasteiger partial charge >= 0.3 is 0 Å². The monoisotopic (exact) mass is 619 g/mol. The Labute approximate surface area is 256 Å². The summed E-state index contributed by atoms with van der Waals surface area (Å²) in [6, 6.07) is 25.7. The molecule has 3 N–H and O–H groups in total. The highest BCUT2D eigenvalue weighted by atomic mass is 35.5. The number of thioether (sulfide) groups is 1. The first-order valence-corrected chi connectivity index (χ1v) is 14.4. The van der Waals surface area contributed by atoms with E-state index in [2.05, 4.69) is 16.0 Å². The molecule has 42 heavy (non-hydrogen) atoms. The molecular weight excluding hydrogens is 597 g/mol. The molecule has 1 aliphatic heterocycles. The number of halogens is 2. The van der Waals surface area contributed by atoms with Gasteiger partial charge in [-0.05, 0) is 66.7 Å². The van der Waals surface area contributed by atoms with Crippen LogP contribution in [0.15, 0.2) is 102 Å². The highest BCUT2D eigenvalue weighted by Gasteiger charge is 2.17. The van der Waals surface area contributed by atoms with E-state index >= 15 is 0 Å². The van der Waals surface area contributed by atoms with E-state index in [1.54, 1.807) is 91.0 Å². The van der Waals surface area contributed by atoms with Gasteiger partial charge in [0.25, 0.3) is 11.8 Å². The molecule has 212 valence electrons. The van der Waals surface area contributed by atoms with Crippen molar-refractivity contribution in [2.75, 3.05) is 23.2 Å². The molecule has 0 saturated carbocycles. The van der Waals surface area contributed by atoms with Crippen molar-refractivity contribution in [3.63, 3.8) is 0 Å². The lowest BCUT2D eigenvalue weighted by molar-refractivity contribution is -0.114. The standard InChI is InChI=1S/C31H23Cl2N3O5S/c32-24-7-4-8-25(33)23(24)16-26(36-30(38)19-5-2-1-3-6-19)31(39)35-20-9-12-22(13-10-20)42-17-29(37)34-21-11-14-27-28(15-21)41-18-40-27/h1-16H,17-18H2,(H,34,37)(H,35,39)(H,36,38)/b26-16-. The fraction of sp³-hybridized carbons (Fsp3) is 0.0645. The van der Waals surface area contributed by atoms with Crippen LogP contribution >= 0.6 is 35.0 Å². The minimum atomic E-state index is -0.571. The number of rotatable bonds is 9. The number of nitrogens with one attached hydrogen (secondary N) is 3. The molecule has 5 rings (SSSR count). The summed E-state index contributed by atoms with van der Waals surface area (Å²) < 4.78 is 10.6. The molecule has 0 atom stereocenters. The van der Waals surface area contributed by atoms with Crippen molar-refractivity contribution in [1.29, 1.82) is 0 Å². The Balaban J connectivity index is 1.23. The average molecular weight is 621 g/mol. The summed E-state index contributed by atoms with van der Waals surface area (Å²) >= 11 is 14.0. The van der Waals surface area contributed by atoms with Gasteiger partial charge in [0.05, 0.1) is 5.75 Å². The van der Waals surface area contributed by atoms with Crippen molar-refractivity contribution in [2.45, 2.75) is 4.90 Å². The highest BCUT2D eigenvalue weighted by molar-refractivity contribution is 8.00. The van der Waals surface area contributed by atoms with Crippen LogP contribution in [0.3, 0.4) is 0 Å². The molecule has 11 heteroatoms. The molecule has 4 aromatic carbocycles. The summed E-state index contributed by atoms with van der Waals surface area (Å²) in [6.07, 6.45) is 1.43. The zero-order chi connectivity index (χ0) is 29.5. The number of ether oxygens (including phenoxy) is 2. The van der Waals surface area contributed by atoms with E-state index in [9.17, 15) is 14.4 Å². The molecule has 1 aliphatic rings. The van der Waals surface area contributed by atoms with Crippen LogP contribution in [0.5, 0.6) is 11.5 Å². The summed E-state index contributed by atoms with van der Waals surface area (Å²) in [7, 11) is 0. The van der Waals surface area contributed by atoms with Gasteiger partial charge in [0, 0.05) is 43.5 Å². The highest BCUT2D eigenvalue weighted by Crippen LogP contribution is 2.34. The van der Waals surface area contributed by atoms with Crippen LogP contribution in [0.1, 0.15) is 15.9 Å². The first kappa shape index (κ1) is 29.1. The van der Waals surface area contributed by atoms with Crippen LogP contribution in [0.2, 0.25) is 10.0 Å². The van der Waals surface area contributed by atoms with Gasteiger partial charge in [0.2, 0.25) is 12.7 Å². The summed E-state index contributed by atoms with van der Waals surface area (Å²) in [6.45, 7) is 0.161. The van der Waals surface area contributed by atoms with Crippen LogP contribution in [-0.2, 0) is 9.59 Å². The summed E-state index contributed by atoms with van der Waals surface area (Å²) in [5.41, 5.74) is 1.83. The number of carbonyl (C=O) groups excluding carboxylic acids is 3. The summed E-state index contributed by atoms with van der Waals surface area (Å²) in [4.78, 5) is 39.4.